The Kier molecular flexibility index (Phi) is 4.11. The fourth-order valence-electron chi connectivity index (χ4n) is 1.77. The summed E-state index contributed by atoms with van der Waals surface area (Å²) >= 11 is 0. The van der Waals surface area contributed by atoms with Gasteiger partial charge in [0.25, 0.3) is 5.91 Å². The van der Waals surface area contributed by atoms with E-state index in [1.807, 2.05) is 13.8 Å². The zero-order valence-electron chi connectivity index (χ0n) is 12.0. The second-order valence-electron chi connectivity index (χ2n) is 4.94. The first-order valence-corrected chi connectivity index (χ1v) is 6.46. The van der Waals surface area contributed by atoms with Crippen LogP contribution in [-0.4, -0.2) is 22.1 Å². The maximum Gasteiger partial charge on any atom is 0.339 e. The van der Waals surface area contributed by atoms with Crippen molar-refractivity contribution < 1.29 is 23.6 Å². The number of hydrogen-bond donors (Lipinski definition) is 2. The lowest BCUT2D eigenvalue weighted by atomic mass is 10.1. The molecule has 112 valence electrons. The molecule has 2 rings (SSSR count). The number of nitrogens with one attached hydrogen (secondary N) is 1. The summed E-state index contributed by atoms with van der Waals surface area (Å²) in [4.78, 5) is 22.8. The number of carbonyl (C=O) groups excluding carboxylic acids is 1. The second kappa shape index (κ2) is 5.82. The Balaban J connectivity index is 2.00. The van der Waals surface area contributed by atoms with Gasteiger partial charge in [0.15, 0.2) is 5.69 Å². The van der Waals surface area contributed by atoms with E-state index in [4.69, 9.17) is 14.0 Å². The molecule has 0 atom stereocenters. The standard InChI is InChI=1S/C14H16N2O5/c1-7(2)12-5-11(16-21-12)13(17)15-6-9-4-10(14(18)19)8(3)20-9/h4-5,7H,6H2,1-3H3,(H,15,17)(H,18,19). The number of carbonyl (C=O) groups is 2. The van der Waals surface area contributed by atoms with Crippen LogP contribution in [0.3, 0.4) is 0 Å². The number of hydrogen-bond acceptors (Lipinski definition) is 5. The second-order valence-corrected chi connectivity index (χ2v) is 4.94. The summed E-state index contributed by atoms with van der Waals surface area (Å²) in [6, 6.07) is 2.97. The number of aryl methyl sites for hydroxylation is 1. The Bertz CT molecular complexity index is 669. The molecule has 0 aliphatic heterocycles. The molecular weight excluding hydrogens is 276 g/mol. The minimum Gasteiger partial charge on any atom is -0.478 e. The normalized spacial score (nSPS) is 10.9. The van der Waals surface area contributed by atoms with Crippen LogP contribution in [-0.2, 0) is 6.54 Å². The van der Waals surface area contributed by atoms with E-state index in [-0.39, 0.29) is 23.7 Å². The van der Waals surface area contributed by atoms with Crippen LogP contribution in [0.25, 0.3) is 0 Å². The Morgan fingerprint density at radius 3 is 2.62 bits per heavy atom. The Morgan fingerprint density at radius 1 is 1.38 bits per heavy atom. The van der Waals surface area contributed by atoms with Crippen molar-refractivity contribution in [1.82, 2.24) is 10.5 Å². The quantitative estimate of drug-likeness (QED) is 0.876. The highest BCUT2D eigenvalue weighted by molar-refractivity contribution is 5.92. The smallest absolute Gasteiger partial charge is 0.339 e. The van der Waals surface area contributed by atoms with Crippen molar-refractivity contribution in [2.45, 2.75) is 33.2 Å². The van der Waals surface area contributed by atoms with E-state index in [2.05, 4.69) is 10.5 Å². The van der Waals surface area contributed by atoms with Crippen LogP contribution in [0.2, 0.25) is 0 Å². The van der Waals surface area contributed by atoms with Crippen molar-refractivity contribution in [3.63, 3.8) is 0 Å². The van der Waals surface area contributed by atoms with Gasteiger partial charge >= 0.3 is 5.97 Å². The Hall–Kier alpha value is -2.57. The van der Waals surface area contributed by atoms with Gasteiger partial charge in [-0.15, -0.1) is 0 Å². The highest BCUT2D eigenvalue weighted by atomic mass is 16.5. The molecule has 0 saturated carbocycles. The molecule has 0 unspecified atom stereocenters. The summed E-state index contributed by atoms with van der Waals surface area (Å²) in [7, 11) is 0. The van der Waals surface area contributed by atoms with Gasteiger partial charge in [-0.3, -0.25) is 4.79 Å². The first-order valence-electron chi connectivity index (χ1n) is 6.46. The van der Waals surface area contributed by atoms with E-state index >= 15 is 0 Å². The van der Waals surface area contributed by atoms with E-state index in [0.717, 1.165) is 0 Å². The summed E-state index contributed by atoms with van der Waals surface area (Å²) in [5.74, 6) is -0.0309. The molecule has 0 fully saturated rings. The number of rotatable bonds is 5. The molecule has 0 bridgehead atoms. The highest BCUT2D eigenvalue weighted by Crippen LogP contribution is 2.16. The lowest BCUT2D eigenvalue weighted by Gasteiger charge is -1.99. The van der Waals surface area contributed by atoms with Crippen molar-refractivity contribution >= 4 is 11.9 Å². The molecule has 2 aromatic heterocycles. The lowest BCUT2D eigenvalue weighted by molar-refractivity contribution is 0.0694. The van der Waals surface area contributed by atoms with Gasteiger partial charge in [-0.25, -0.2) is 4.79 Å². The summed E-state index contributed by atoms with van der Waals surface area (Å²) in [5, 5.41) is 15.2. The van der Waals surface area contributed by atoms with Crippen LogP contribution >= 0.6 is 0 Å². The minimum absolute atomic E-state index is 0.0802. The maximum atomic E-state index is 11.9. The van der Waals surface area contributed by atoms with Crippen LogP contribution < -0.4 is 5.32 Å². The molecule has 0 aliphatic carbocycles. The van der Waals surface area contributed by atoms with E-state index in [0.29, 0.717) is 17.3 Å². The van der Waals surface area contributed by atoms with Gasteiger partial charge < -0.3 is 19.4 Å². The number of carboxylic acids is 1. The molecule has 2 aromatic rings. The molecule has 2 heterocycles. The molecule has 1 amide bonds. The van der Waals surface area contributed by atoms with Gasteiger partial charge in [-0.2, -0.15) is 0 Å². The van der Waals surface area contributed by atoms with Crippen LogP contribution in [0.5, 0.6) is 0 Å². The number of furan rings is 1. The topological polar surface area (TPSA) is 106 Å². The highest BCUT2D eigenvalue weighted by Gasteiger charge is 2.17. The molecule has 0 spiro atoms. The van der Waals surface area contributed by atoms with Gasteiger partial charge in [0.2, 0.25) is 0 Å². The van der Waals surface area contributed by atoms with Gasteiger partial charge in [0.1, 0.15) is 22.8 Å². The van der Waals surface area contributed by atoms with Crippen LogP contribution in [0.15, 0.2) is 21.1 Å². The zero-order chi connectivity index (χ0) is 15.6. The Morgan fingerprint density at radius 2 is 2.10 bits per heavy atom. The average molecular weight is 292 g/mol. The van der Waals surface area contributed by atoms with E-state index in [9.17, 15) is 9.59 Å². The van der Waals surface area contributed by atoms with Crippen molar-refractivity contribution in [2.75, 3.05) is 0 Å². The van der Waals surface area contributed by atoms with Crippen molar-refractivity contribution in [3.05, 3.63) is 40.7 Å². The monoisotopic (exact) mass is 292 g/mol. The molecule has 0 radical (unpaired) electrons. The first kappa shape index (κ1) is 14.8. The molecule has 0 aliphatic rings. The average Bonchev–Trinajstić information content (AvgIpc) is 3.02. The van der Waals surface area contributed by atoms with Crippen molar-refractivity contribution in [2.24, 2.45) is 0 Å². The number of aromatic carboxylic acids is 1. The largest absolute Gasteiger partial charge is 0.478 e. The van der Waals surface area contributed by atoms with E-state index < -0.39 is 11.9 Å². The van der Waals surface area contributed by atoms with E-state index in [1.54, 1.807) is 13.0 Å². The molecular formula is C14H16N2O5. The number of carboxylic acid groups (broad SMARTS) is 1. The van der Waals surface area contributed by atoms with Gasteiger partial charge in [-0.1, -0.05) is 19.0 Å². The van der Waals surface area contributed by atoms with Crippen LogP contribution in [0.1, 0.15) is 57.9 Å². The zero-order valence-corrected chi connectivity index (χ0v) is 12.0. The summed E-state index contributed by atoms with van der Waals surface area (Å²) in [6.07, 6.45) is 0. The fourth-order valence-corrected chi connectivity index (χ4v) is 1.77. The van der Waals surface area contributed by atoms with Gasteiger partial charge in [0, 0.05) is 12.0 Å². The predicted molar refractivity (Wildman–Crippen MR) is 72.2 cm³/mol. The number of aromatic nitrogens is 1. The number of nitrogens with zero attached hydrogens (tertiary/aromatic N) is 1. The van der Waals surface area contributed by atoms with Crippen LogP contribution in [0, 0.1) is 6.92 Å². The molecule has 7 nitrogen and oxygen atoms in total. The summed E-state index contributed by atoms with van der Waals surface area (Å²) in [6.45, 7) is 5.50. The summed E-state index contributed by atoms with van der Waals surface area (Å²) in [5.41, 5.74) is 0.267. The van der Waals surface area contributed by atoms with Gasteiger partial charge in [-0.05, 0) is 13.0 Å². The Labute approximate surface area is 120 Å². The van der Waals surface area contributed by atoms with E-state index in [1.165, 1.54) is 6.07 Å². The van der Waals surface area contributed by atoms with Crippen molar-refractivity contribution in [3.8, 4) is 0 Å². The summed E-state index contributed by atoms with van der Waals surface area (Å²) < 4.78 is 10.3. The van der Waals surface area contributed by atoms with Crippen molar-refractivity contribution in [1.29, 1.82) is 0 Å². The molecule has 7 heteroatoms. The third-order valence-corrected chi connectivity index (χ3v) is 2.95. The third-order valence-electron chi connectivity index (χ3n) is 2.95. The predicted octanol–water partition coefficient (Wildman–Crippen LogP) is 2.33. The number of amides is 1. The lowest BCUT2D eigenvalue weighted by Crippen LogP contribution is -2.22. The molecule has 0 saturated heterocycles. The molecule has 2 N–H and O–H groups in total. The third kappa shape index (κ3) is 3.31. The van der Waals surface area contributed by atoms with Gasteiger partial charge in [0.05, 0.1) is 6.54 Å². The molecule has 21 heavy (non-hydrogen) atoms. The fraction of sp³-hybridized carbons (Fsp3) is 0.357. The molecule has 0 aromatic carbocycles. The SMILES string of the molecule is Cc1oc(CNC(=O)c2cc(C(C)C)on2)cc1C(=O)O. The maximum absolute atomic E-state index is 11.9. The minimum atomic E-state index is -1.06. The first-order chi connectivity index (χ1) is 9.88. The van der Waals surface area contributed by atoms with Crippen LogP contribution in [0.4, 0.5) is 0 Å².